The Bertz CT molecular complexity index is 611. The maximum Gasteiger partial charge on any atom is 0.244 e. The number of hydrogen-bond acceptors (Lipinski definition) is 4. The van der Waals surface area contributed by atoms with Crippen LogP contribution in [0.4, 0.5) is 5.69 Å². The maximum absolute atomic E-state index is 12.3. The quantitative estimate of drug-likeness (QED) is 0.916. The molecule has 2 N–H and O–H groups in total. The molecule has 21 heavy (non-hydrogen) atoms. The molecule has 1 aromatic heterocycles. The Balaban J connectivity index is 1.64. The number of morpholine rings is 1. The zero-order valence-electron chi connectivity index (χ0n) is 11.7. The van der Waals surface area contributed by atoms with E-state index in [1.54, 1.807) is 17.1 Å². The number of nitrogens with zero attached hydrogens (tertiary/aromatic N) is 3. The van der Waals surface area contributed by atoms with Crippen molar-refractivity contribution in [3.63, 3.8) is 0 Å². The molecule has 1 aromatic carbocycles. The summed E-state index contributed by atoms with van der Waals surface area (Å²) in [6.07, 6.45) is 3.14. The zero-order chi connectivity index (χ0) is 14.7. The Hall–Kier alpha value is -2.34. The van der Waals surface area contributed by atoms with Gasteiger partial charge in [-0.05, 0) is 5.56 Å². The SMILES string of the molecule is Nc1cnn(CC(=O)N2CCOC(c3ccccc3)C2)c1. The Kier molecular flexibility index (Phi) is 3.87. The number of carbonyl (C=O) groups is 1. The number of ether oxygens (including phenoxy) is 1. The van der Waals surface area contributed by atoms with Gasteiger partial charge in [0, 0.05) is 12.7 Å². The average Bonchev–Trinajstić information content (AvgIpc) is 2.93. The average molecular weight is 286 g/mol. The molecule has 1 saturated heterocycles. The van der Waals surface area contributed by atoms with Gasteiger partial charge in [0.15, 0.2) is 0 Å². The van der Waals surface area contributed by atoms with Crippen LogP contribution >= 0.6 is 0 Å². The maximum atomic E-state index is 12.3. The van der Waals surface area contributed by atoms with Crippen molar-refractivity contribution in [1.29, 1.82) is 0 Å². The highest BCUT2D eigenvalue weighted by atomic mass is 16.5. The molecule has 0 bridgehead atoms. The highest BCUT2D eigenvalue weighted by Gasteiger charge is 2.25. The second-order valence-corrected chi connectivity index (χ2v) is 5.08. The minimum absolute atomic E-state index is 0.0299. The summed E-state index contributed by atoms with van der Waals surface area (Å²) in [4.78, 5) is 14.1. The van der Waals surface area contributed by atoms with Crippen LogP contribution in [0.5, 0.6) is 0 Å². The van der Waals surface area contributed by atoms with Crippen LogP contribution in [0.15, 0.2) is 42.7 Å². The summed E-state index contributed by atoms with van der Waals surface area (Å²) in [5.41, 5.74) is 7.26. The summed E-state index contributed by atoms with van der Waals surface area (Å²) in [7, 11) is 0. The number of amides is 1. The number of aromatic nitrogens is 2. The van der Waals surface area contributed by atoms with E-state index in [2.05, 4.69) is 5.10 Å². The Morgan fingerprint density at radius 1 is 1.38 bits per heavy atom. The highest BCUT2D eigenvalue weighted by Crippen LogP contribution is 2.22. The molecule has 1 unspecified atom stereocenters. The van der Waals surface area contributed by atoms with E-state index >= 15 is 0 Å². The number of hydrogen-bond donors (Lipinski definition) is 1. The van der Waals surface area contributed by atoms with E-state index in [0.717, 1.165) is 5.56 Å². The minimum Gasteiger partial charge on any atom is -0.396 e. The number of benzene rings is 1. The second kappa shape index (κ2) is 5.97. The topological polar surface area (TPSA) is 73.4 Å². The van der Waals surface area contributed by atoms with Crippen LogP contribution in [-0.4, -0.2) is 40.3 Å². The number of anilines is 1. The molecule has 2 aromatic rings. The lowest BCUT2D eigenvalue weighted by Gasteiger charge is -2.33. The fourth-order valence-electron chi connectivity index (χ4n) is 2.45. The van der Waals surface area contributed by atoms with E-state index in [-0.39, 0.29) is 18.6 Å². The van der Waals surface area contributed by atoms with E-state index in [0.29, 0.717) is 25.4 Å². The van der Waals surface area contributed by atoms with Crippen molar-refractivity contribution in [2.24, 2.45) is 0 Å². The Labute approximate surface area is 123 Å². The lowest BCUT2D eigenvalue weighted by atomic mass is 10.1. The largest absolute Gasteiger partial charge is 0.396 e. The van der Waals surface area contributed by atoms with Crippen LogP contribution < -0.4 is 5.73 Å². The fourth-order valence-corrected chi connectivity index (χ4v) is 2.45. The molecule has 6 nitrogen and oxygen atoms in total. The standard InChI is InChI=1S/C15H18N4O2/c16-13-8-17-19(9-13)11-15(20)18-6-7-21-14(10-18)12-4-2-1-3-5-12/h1-5,8-9,14H,6-7,10-11,16H2. The van der Waals surface area contributed by atoms with Gasteiger partial charge in [-0.25, -0.2) is 0 Å². The molecule has 1 aliphatic heterocycles. The molecule has 110 valence electrons. The number of nitrogen functional groups attached to an aromatic ring is 1. The third-order valence-electron chi connectivity index (χ3n) is 3.54. The molecule has 6 heteroatoms. The van der Waals surface area contributed by atoms with E-state index in [1.165, 1.54) is 0 Å². The normalized spacial score (nSPS) is 18.7. The van der Waals surface area contributed by atoms with Crippen molar-refractivity contribution in [3.05, 3.63) is 48.3 Å². The van der Waals surface area contributed by atoms with Gasteiger partial charge < -0.3 is 15.4 Å². The van der Waals surface area contributed by atoms with Gasteiger partial charge in [-0.3, -0.25) is 9.48 Å². The first kappa shape index (κ1) is 13.6. The van der Waals surface area contributed by atoms with Crippen molar-refractivity contribution in [2.45, 2.75) is 12.6 Å². The van der Waals surface area contributed by atoms with Crippen molar-refractivity contribution >= 4 is 11.6 Å². The van der Waals surface area contributed by atoms with Gasteiger partial charge in [0.25, 0.3) is 0 Å². The molecule has 0 saturated carbocycles. The predicted octanol–water partition coefficient (Wildman–Crippen LogP) is 1.07. The summed E-state index contributed by atoms with van der Waals surface area (Å²) in [5, 5.41) is 4.04. The third kappa shape index (κ3) is 3.22. The number of nitrogens with two attached hydrogens (primary N) is 1. The van der Waals surface area contributed by atoms with Gasteiger partial charge in [-0.2, -0.15) is 5.10 Å². The molecule has 1 aliphatic rings. The van der Waals surface area contributed by atoms with Crippen molar-refractivity contribution in [1.82, 2.24) is 14.7 Å². The lowest BCUT2D eigenvalue weighted by Crippen LogP contribution is -2.43. The van der Waals surface area contributed by atoms with Crippen molar-refractivity contribution in [3.8, 4) is 0 Å². The van der Waals surface area contributed by atoms with Crippen LogP contribution in [0.3, 0.4) is 0 Å². The molecular formula is C15H18N4O2. The molecule has 0 radical (unpaired) electrons. The lowest BCUT2D eigenvalue weighted by molar-refractivity contribution is -0.139. The molecule has 3 rings (SSSR count). The van der Waals surface area contributed by atoms with Gasteiger partial charge in [-0.15, -0.1) is 0 Å². The smallest absolute Gasteiger partial charge is 0.244 e. The molecule has 2 heterocycles. The Morgan fingerprint density at radius 2 is 2.19 bits per heavy atom. The van der Waals surface area contributed by atoms with Gasteiger partial charge in [0.1, 0.15) is 12.6 Å². The number of rotatable bonds is 3. The molecule has 0 aliphatic carbocycles. The van der Waals surface area contributed by atoms with E-state index in [9.17, 15) is 4.79 Å². The first-order valence-corrected chi connectivity index (χ1v) is 6.94. The monoisotopic (exact) mass is 286 g/mol. The molecule has 0 spiro atoms. The second-order valence-electron chi connectivity index (χ2n) is 5.08. The molecule has 1 amide bonds. The molecule has 1 fully saturated rings. The van der Waals surface area contributed by atoms with Crippen LogP contribution in [0.25, 0.3) is 0 Å². The van der Waals surface area contributed by atoms with E-state index in [1.807, 2.05) is 35.2 Å². The zero-order valence-corrected chi connectivity index (χ0v) is 11.7. The fraction of sp³-hybridized carbons (Fsp3) is 0.333. The summed E-state index contributed by atoms with van der Waals surface area (Å²) < 4.78 is 7.32. The van der Waals surface area contributed by atoms with E-state index < -0.39 is 0 Å². The van der Waals surface area contributed by atoms with Crippen LogP contribution in [-0.2, 0) is 16.1 Å². The Morgan fingerprint density at radius 3 is 2.90 bits per heavy atom. The van der Waals surface area contributed by atoms with E-state index in [4.69, 9.17) is 10.5 Å². The van der Waals surface area contributed by atoms with Gasteiger partial charge >= 0.3 is 0 Å². The van der Waals surface area contributed by atoms with Gasteiger partial charge in [0.05, 0.1) is 25.0 Å². The summed E-state index contributed by atoms with van der Waals surface area (Å²) in [6.45, 7) is 1.93. The summed E-state index contributed by atoms with van der Waals surface area (Å²) in [5.74, 6) is 0.0299. The predicted molar refractivity (Wildman–Crippen MR) is 78.4 cm³/mol. The van der Waals surface area contributed by atoms with Crippen molar-refractivity contribution < 1.29 is 9.53 Å². The number of carbonyl (C=O) groups excluding carboxylic acids is 1. The molecule has 1 atom stereocenters. The van der Waals surface area contributed by atoms with Gasteiger partial charge in [-0.1, -0.05) is 30.3 Å². The van der Waals surface area contributed by atoms with Crippen LogP contribution in [0, 0.1) is 0 Å². The summed E-state index contributed by atoms with van der Waals surface area (Å²) in [6, 6.07) is 9.97. The first-order valence-electron chi connectivity index (χ1n) is 6.94. The highest BCUT2D eigenvalue weighted by molar-refractivity contribution is 5.76. The first-order chi connectivity index (χ1) is 10.2. The molecular weight excluding hydrogens is 268 g/mol. The minimum atomic E-state index is -0.0633. The summed E-state index contributed by atoms with van der Waals surface area (Å²) >= 11 is 0. The third-order valence-corrected chi connectivity index (χ3v) is 3.54. The van der Waals surface area contributed by atoms with Crippen LogP contribution in [0.1, 0.15) is 11.7 Å². The van der Waals surface area contributed by atoms with Crippen LogP contribution in [0.2, 0.25) is 0 Å². The van der Waals surface area contributed by atoms with Crippen molar-refractivity contribution in [2.75, 3.05) is 25.4 Å². The van der Waals surface area contributed by atoms with Gasteiger partial charge in [0.2, 0.25) is 5.91 Å².